The maximum absolute atomic E-state index is 13.9. The molecule has 0 bridgehead atoms. The number of aryl methyl sites for hydroxylation is 2. The van der Waals surface area contributed by atoms with Crippen LogP contribution < -0.4 is 0 Å². The molecule has 0 radical (unpaired) electrons. The molecule has 21 heteroatoms. The molecule has 6 saturated carbocycles. The van der Waals surface area contributed by atoms with E-state index >= 15 is 0 Å². The Labute approximate surface area is 573 Å². The molecule has 0 saturated heterocycles. The van der Waals surface area contributed by atoms with E-state index in [0.717, 1.165) is 154 Å². The highest BCUT2D eigenvalue weighted by atomic mass is 35.5. The number of aromatic nitrogens is 10. The van der Waals surface area contributed by atoms with Crippen molar-refractivity contribution in [3.63, 3.8) is 0 Å². The minimum atomic E-state index is -4.44. The van der Waals surface area contributed by atoms with E-state index in [1.165, 1.54) is 69.5 Å². The third kappa shape index (κ3) is 14.6. The quantitative estimate of drug-likeness (QED) is 0.0645. The van der Waals surface area contributed by atoms with Gasteiger partial charge in [0.2, 0.25) is 0 Å². The van der Waals surface area contributed by atoms with Crippen LogP contribution in [0.1, 0.15) is 245 Å². The van der Waals surface area contributed by atoms with Gasteiger partial charge in [0.25, 0.3) is 0 Å². The SMILES string of the molecule is CC1(C(O)c2cc(C(F)(F)F)cc3cn[nH]c23)CCCCC1.CC1(F)CCC(O)(c2cc(Cl)cc3cn[nH]c23)CC1.Cc1cc(C(O)C2(C)CCCCC2)c2[nH]ncc2c1.Cc1ccc2cn[nH]c2c1C(O)C1(C)CCCCC1.OC1(c2cc(Cl)cc3cn[nH]c23)CC2(CCC2)C1. The highest BCUT2D eigenvalue weighted by Crippen LogP contribution is 2.64. The molecule has 6 aliphatic carbocycles. The van der Waals surface area contributed by atoms with Crippen molar-refractivity contribution in [3.05, 3.63) is 146 Å². The number of fused-ring (bicyclic) bond motifs is 5. The molecule has 5 heterocycles. The Morgan fingerprint density at radius 2 is 0.835 bits per heavy atom. The molecule has 0 amide bonds. The summed E-state index contributed by atoms with van der Waals surface area (Å²) in [4.78, 5) is 0. The van der Waals surface area contributed by atoms with Crippen molar-refractivity contribution < 1.29 is 43.1 Å². The van der Waals surface area contributed by atoms with Crippen LogP contribution in [-0.2, 0) is 17.4 Å². The normalized spacial score (nSPS) is 23.3. The number of nitrogens with one attached hydrogen (secondary N) is 5. The molecule has 0 aliphatic heterocycles. The Balaban J connectivity index is 0.000000116. The van der Waals surface area contributed by atoms with Crippen LogP contribution >= 0.6 is 23.2 Å². The number of aliphatic hydroxyl groups excluding tert-OH is 3. The van der Waals surface area contributed by atoms with Gasteiger partial charge in [-0.3, -0.25) is 25.5 Å². The number of rotatable bonds is 8. The largest absolute Gasteiger partial charge is 0.416 e. The van der Waals surface area contributed by atoms with E-state index in [9.17, 15) is 43.1 Å². The molecule has 3 atom stereocenters. The van der Waals surface area contributed by atoms with Crippen molar-refractivity contribution in [3.8, 4) is 0 Å². The van der Waals surface area contributed by atoms with Crippen LogP contribution in [0.4, 0.5) is 17.6 Å². The van der Waals surface area contributed by atoms with Crippen molar-refractivity contribution in [1.82, 2.24) is 51.0 Å². The smallest absolute Gasteiger partial charge is 0.388 e. The topological polar surface area (TPSA) is 245 Å². The molecule has 97 heavy (non-hydrogen) atoms. The van der Waals surface area contributed by atoms with Crippen LogP contribution in [0.25, 0.3) is 54.5 Å². The number of H-pyrrole nitrogens is 5. The summed E-state index contributed by atoms with van der Waals surface area (Å²) in [6.07, 6.45) is 26.1. The minimum Gasteiger partial charge on any atom is -0.388 e. The van der Waals surface area contributed by atoms with Gasteiger partial charge in [-0.1, -0.05) is 126 Å². The summed E-state index contributed by atoms with van der Waals surface area (Å²) in [5.41, 5.74) is 6.90. The summed E-state index contributed by atoms with van der Waals surface area (Å²) in [6.45, 7) is 12.2. The molecule has 10 N–H and O–H groups in total. The fraction of sp³-hybridized carbons (Fsp3) is 0.539. The zero-order valence-corrected chi connectivity index (χ0v) is 58.1. The second kappa shape index (κ2) is 27.6. The van der Waals surface area contributed by atoms with Crippen molar-refractivity contribution in [1.29, 1.82) is 0 Å². The molecule has 3 unspecified atom stereocenters. The zero-order valence-electron chi connectivity index (χ0n) is 56.6. The van der Waals surface area contributed by atoms with Crippen molar-refractivity contribution >= 4 is 77.7 Å². The highest BCUT2D eigenvalue weighted by molar-refractivity contribution is 6.31. The molecule has 6 aliphatic rings. The first-order valence-electron chi connectivity index (χ1n) is 34.9. The summed E-state index contributed by atoms with van der Waals surface area (Å²) >= 11 is 12.2. The minimum absolute atomic E-state index is 0.00238. The molecule has 15 nitrogen and oxygen atoms in total. The molecule has 5 aromatic carbocycles. The predicted octanol–water partition coefficient (Wildman–Crippen LogP) is 19.4. The Bertz CT molecular complexity index is 4360. The molecule has 5 aromatic heterocycles. The number of hydrogen-bond acceptors (Lipinski definition) is 10. The van der Waals surface area contributed by atoms with Crippen molar-refractivity contribution in [2.75, 3.05) is 0 Å². The van der Waals surface area contributed by atoms with Crippen LogP contribution in [-0.4, -0.2) is 82.2 Å². The second-order valence-electron chi connectivity index (χ2n) is 30.8. The van der Waals surface area contributed by atoms with E-state index in [4.69, 9.17) is 23.2 Å². The standard InChI is InChI=1S/C16H19F3N2O.2C16H22N2O.C14H16ClFN2O.C14H15ClN2O/c1-15(5-3-2-4-6-15)14(22)12-8-11(16(17,18)19)7-10-9-20-21-13(10)12;1-11-6-7-12-10-17-18-14(12)13(11)15(19)16(2)8-4-3-5-9-16;1-11-8-12-10-17-18-14(12)13(9-11)15(19)16(2)6-4-3-5-7-16;1-13(16)2-4-14(19,5-3-13)11-7-10(15)6-9-8-17-18-12(9)11;15-10-4-9-6-16-17-12(9)11(5-10)14(18)7-13(8-14)2-1-3-13/h7-9,14,22H,2-6H2,1H3,(H,20,21);6-7,10,15,19H,3-5,8-9H2,1-2H3,(H,17,18);8-10,15,19H,3-7H2,1-2H3,(H,17,18);6-8,19H,2-5H2,1H3,(H,17,18);4-6,18H,1-3,7-8H2,(H,16,17). The fourth-order valence-electron chi connectivity index (χ4n) is 17.0. The second-order valence-corrected chi connectivity index (χ2v) is 31.7. The summed E-state index contributed by atoms with van der Waals surface area (Å²) in [5.74, 6) is 0. The number of aromatic amines is 5. The van der Waals surface area contributed by atoms with Gasteiger partial charge in [-0.15, -0.1) is 0 Å². The van der Waals surface area contributed by atoms with E-state index in [1.807, 2.05) is 31.5 Å². The summed E-state index contributed by atoms with van der Waals surface area (Å²) in [7, 11) is 0. The van der Waals surface area contributed by atoms with Gasteiger partial charge in [0.05, 0.1) is 93.6 Å². The number of benzene rings is 5. The molecule has 16 rings (SSSR count). The van der Waals surface area contributed by atoms with Crippen molar-refractivity contribution in [2.24, 2.45) is 21.7 Å². The summed E-state index contributed by atoms with van der Waals surface area (Å²) in [5, 5.41) is 94.7. The van der Waals surface area contributed by atoms with Crippen LogP contribution in [0.3, 0.4) is 0 Å². The number of hydrogen-bond donors (Lipinski definition) is 10. The third-order valence-corrected chi connectivity index (χ3v) is 23.7. The Kier molecular flexibility index (Phi) is 20.0. The monoisotopic (exact) mass is 1370 g/mol. The first-order valence-corrected chi connectivity index (χ1v) is 35.6. The van der Waals surface area contributed by atoms with Crippen LogP contribution in [0.5, 0.6) is 0 Å². The molecular weight excluding hydrogens is 1280 g/mol. The first-order chi connectivity index (χ1) is 46.0. The van der Waals surface area contributed by atoms with E-state index < -0.39 is 46.9 Å². The van der Waals surface area contributed by atoms with Gasteiger partial charge in [-0.2, -0.15) is 38.7 Å². The third-order valence-electron chi connectivity index (χ3n) is 23.2. The van der Waals surface area contributed by atoms with Gasteiger partial charge < -0.3 is 25.5 Å². The van der Waals surface area contributed by atoms with Crippen LogP contribution in [0.15, 0.2) is 91.6 Å². The Morgan fingerprint density at radius 1 is 0.433 bits per heavy atom. The number of halogens is 6. The van der Waals surface area contributed by atoms with Crippen LogP contribution in [0.2, 0.25) is 10.0 Å². The van der Waals surface area contributed by atoms with Crippen LogP contribution in [0, 0.1) is 35.5 Å². The lowest BCUT2D eigenvalue weighted by atomic mass is 9.48. The van der Waals surface area contributed by atoms with E-state index in [1.54, 1.807) is 31.5 Å². The van der Waals surface area contributed by atoms with Gasteiger partial charge in [0.15, 0.2) is 0 Å². The predicted molar refractivity (Wildman–Crippen MR) is 375 cm³/mol. The van der Waals surface area contributed by atoms with E-state index in [-0.39, 0.29) is 16.2 Å². The number of nitrogens with zero attached hydrogens (tertiary/aromatic N) is 5. The highest BCUT2D eigenvalue weighted by Gasteiger charge is 2.58. The Hall–Kier alpha value is -6.45. The molecule has 6 fully saturated rings. The lowest BCUT2D eigenvalue weighted by Crippen LogP contribution is -2.53. The lowest BCUT2D eigenvalue weighted by Gasteiger charge is -2.59. The van der Waals surface area contributed by atoms with Gasteiger partial charge >= 0.3 is 6.18 Å². The molecule has 520 valence electrons. The van der Waals surface area contributed by atoms with Crippen molar-refractivity contribution in [2.45, 2.75) is 237 Å². The summed E-state index contributed by atoms with van der Waals surface area (Å²) in [6, 6.07) is 17.8. The average Bonchev–Trinajstić information content (AvgIpc) is 0.979. The maximum Gasteiger partial charge on any atom is 0.416 e. The molecule has 10 aromatic rings. The molecule has 1 spiro atoms. The maximum atomic E-state index is 13.9. The molecular formula is C76H94Cl2F4N10O5. The Morgan fingerprint density at radius 3 is 1.29 bits per heavy atom. The van der Waals surface area contributed by atoms with E-state index in [2.05, 4.69) is 103 Å². The van der Waals surface area contributed by atoms with E-state index in [0.29, 0.717) is 57.6 Å². The summed E-state index contributed by atoms with van der Waals surface area (Å²) < 4.78 is 53.2. The first kappa shape index (κ1) is 70.4. The average molecular weight is 1370 g/mol. The van der Waals surface area contributed by atoms with Gasteiger partial charge in [0.1, 0.15) is 5.67 Å². The van der Waals surface area contributed by atoms with Gasteiger partial charge in [0, 0.05) is 64.8 Å². The fourth-order valence-corrected chi connectivity index (χ4v) is 17.5. The van der Waals surface area contributed by atoms with Gasteiger partial charge in [-0.05, 0) is 186 Å². The zero-order chi connectivity index (χ0) is 68.9. The van der Waals surface area contributed by atoms with Gasteiger partial charge in [-0.25, -0.2) is 4.39 Å². The number of aliphatic hydroxyl groups is 5. The number of alkyl halides is 4. The lowest BCUT2D eigenvalue weighted by molar-refractivity contribution is -0.168.